The van der Waals surface area contributed by atoms with Crippen LogP contribution in [0, 0.1) is 17.7 Å². The summed E-state index contributed by atoms with van der Waals surface area (Å²) in [5, 5.41) is 0. The zero-order chi connectivity index (χ0) is 18.3. The second-order valence-electron chi connectivity index (χ2n) is 6.92. The SMILES string of the molecule is COc1cc(N2C[C@@H]3CN(C(C)=O)[C@@H](c4cccc(F)c4)[C@@H]3C2)ncn1. The molecule has 1 amide bonds. The van der Waals surface area contributed by atoms with Gasteiger partial charge in [0, 0.05) is 44.5 Å². The van der Waals surface area contributed by atoms with Crippen molar-refractivity contribution < 1.29 is 13.9 Å². The van der Waals surface area contributed by atoms with Crippen LogP contribution in [0.25, 0.3) is 0 Å². The molecule has 0 aliphatic carbocycles. The first-order valence-corrected chi connectivity index (χ1v) is 8.70. The number of hydrogen-bond acceptors (Lipinski definition) is 5. The Balaban J connectivity index is 1.63. The van der Waals surface area contributed by atoms with E-state index in [9.17, 15) is 9.18 Å². The lowest BCUT2D eigenvalue weighted by atomic mass is 9.89. The molecule has 2 aliphatic heterocycles. The molecule has 2 fully saturated rings. The van der Waals surface area contributed by atoms with E-state index in [1.165, 1.54) is 12.4 Å². The van der Waals surface area contributed by atoms with Gasteiger partial charge in [0.2, 0.25) is 11.8 Å². The van der Waals surface area contributed by atoms with Crippen molar-refractivity contribution in [3.8, 4) is 5.88 Å². The molecule has 6 nitrogen and oxygen atoms in total. The van der Waals surface area contributed by atoms with Crippen LogP contribution in [-0.4, -0.2) is 47.5 Å². The van der Waals surface area contributed by atoms with Crippen LogP contribution in [0.3, 0.4) is 0 Å². The lowest BCUT2D eigenvalue weighted by Crippen LogP contribution is -2.34. The van der Waals surface area contributed by atoms with E-state index in [1.54, 1.807) is 26.2 Å². The van der Waals surface area contributed by atoms with Crippen molar-refractivity contribution in [1.82, 2.24) is 14.9 Å². The molecule has 0 spiro atoms. The molecule has 2 aromatic rings. The number of amides is 1. The van der Waals surface area contributed by atoms with Crippen molar-refractivity contribution in [2.75, 3.05) is 31.6 Å². The number of fused-ring (bicyclic) bond motifs is 1. The molecule has 1 aromatic carbocycles. The number of benzene rings is 1. The van der Waals surface area contributed by atoms with Gasteiger partial charge in [0.05, 0.1) is 13.2 Å². The molecule has 0 unspecified atom stereocenters. The maximum atomic E-state index is 13.8. The van der Waals surface area contributed by atoms with Crippen LogP contribution < -0.4 is 9.64 Å². The molecule has 136 valence electrons. The van der Waals surface area contributed by atoms with Crippen LogP contribution >= 0.6 is 0 Å². The number of aromatic nitrogens is 2. The first-order chi connectivity index (χ1) is 12.6. The molecule has 0 bridgehead atoms. The van der Waals surface area contributed by atoms with Crippen molar-refractivity contribution in [3.05, 3.63) is 48.0 Å². The van der Waals surface area contributed by atoms with Gasteiger partial charge < -0.3 is 14.5 Å². The Labute approximate surface area is 151 Å². The highest BCUT2D eigenvalue weighted by atomic mass is 19.1. The summed E-state index contributed by atoms with van der Waals surface area (Å²) in [7, 11) is 1.58. The Morgan fingerprint density at radius 3 is 2.81 bits per heavy atom. The first kappa shape index (κ1) is 16.8. The third-order valence-electron chi connectivity index (χ3n) is 5.42. The summed E-state index contributed by atoms with van der Waals surface area (Å²) in [6.07, 6.45) is 1.49. The third-order valence-corrected chi connectivity index (χ3v) is 5.42. The monoisotopic (exact) mass is 356 g/mol. The molecular formula is C19H21FN4O2. The second-order valence-corrected chi connectivity index (χ2v) is 6.92. The molecule has 0 radical (unpaired) electrons. The molecule has 26 heavy (non-hydrogen) atoms. The number of ether oxygens (including phenoxy) is 1. The predicted octanol–water partition coefficient (Wildman–Crippen LogP) is 2.28. The number of halogens is 1. The first-order valence-electron chi connectivity index (χ1n) is 8.70. The molecule has 4 rings (SSSR count). The van der Waals surface area contributed by atoms with Crippen molar-refractivity contribution in [1.29, 1.82) is 0 Å². The Morgan fingerprint density at radius 2 is 2.08 bits per heavy atom. The minimum Gasteiger partial charge on any atom is -0.481 e. The van der Waals surface area contributed by atoms with Gasteiger partial charge in [0.1, 0.15) is 18.0 Å². The number of carbonyl (C=O) groups is 1. The van der Waals surface area contributed by atoms with Crippen LogP contribution in [-0.2, 0) is 4.79 Å². The quantitative estimate of drug-likeness (QED) is 0.844. The Kier molecular flexibility index (Phi) is 4.22. The minimum atomic E-state index is -0.273. The second kappa shape index (κ2) is 6.55. The number of nitrogens with zero attached hydrogens (tertiary/aromatic N) is 4. The van der Waals surface area contributed by atoms with E-state index >= 15 is 0 Å². The molecule has 0 N–H and O–H groups in total. The standard InChI is InChI=1S/C19H21FN4O2/c1-12(25)24-9-14-8-23(17-7-18(26-2)22-11-21-17)10-16(14)19(24)13-4-3-5-15(20)6-13/h3-7,11,14,16,19H,8-10H2,1-2H3/t14-,16-,19+/m1/s1. The molecular weight excluding hydrogens is 335 g/mol. The van der Waals surface area contributed by atoms with Crippen LogP contribution in [0.1, 0.15) is 18.5 Å². The summed E-state index contributed by atoms with van der Waals surface area (Å²) in [5.74, 6) is 1.67. The number of rotatable bonds is 3. The summed E-state index contributed by atoms with van der Waals surface area (Å²) < 4.78 is 19.0. The zero-order valence-electron chi connectivity index (χ0n) is 14.8. The Morgan fingerprint density at radius 1 is 1.23 bits per heavy atom. The average Bonchev–Trinajstić information content (AvgIpc) is 3.19. The minimum absolute atomic E-state index is 0.0314. The van der Waals surface area contributed by atoms with Gasteiger partial charge >= 0.3 is 0 Å². The molecule has 3 heterocycles. The predicted molar refractivity (Wildman–Crippen MR) is 94.3 cm³/mol. The van der Waals surface area contributed by atoms with Gasteiger partial charge in [0.25, 0.3) is 0 Å². The largest absolute Gasteiger partial charge is 0.481 e. The van der Waals surface area contributed by atoms with E-state index in [0.29, 0.717) is 18.3 Å². The lowest BCUT2D eigenvalue weighted by molar-refractivity contribution is -0.130. The topological polar surface area (TPSA) is 58.6 Å². The van der Waals surface area contributed by atoms with E-state index in [4.69, 9.17) is 4.74 Å². The number of hydrogen-bond donors (Lipinski definition) is 0. The Bertz CT molecular complexity index is 831. The van der Waals surface area contributed by atoms with Crippen LogP contribution in [0.5, 0.6) is 5.88 Å². The van der Waals surface area contributed by atoms with Gasteiger partial charge in [0.15, 0.2) is 0 Å². The van der Waals surface area contributed by atoms with E-state index in [0.717, 1.165) is 24.5 Å². The average molecular weight is 356 g/mol. The Hall–Kier alpha value is -2.70. The van der Waals surface area contributed by atoms with Gasteiger partial charge in [-0.05, 0) is 17.7 Å². The fourth-order valence-corrected chi connectivity index (χ4v) is 4.29. The highest BCUT2D eigenvalue weighted by molar-refractivity contribution is 5.74. The van der Waals surface area contributed by atoms with Crippen molar-refractivity contribution in [2.45, 2.75) is 13.0 Å². The summed E-state index contributed by atoms with van der Waals surface area (Å²) in [6.45, 7) is 3.83. The van der Waals surface area contributed by atoms with E-state index in [-0.39, 0.29) is 23.7 Å². The molecule has 2 saturated heterocycles. The summed E-state index contributed by atoms with van der Waals surface area (Å²) in [4.78, 5) is 24.6. The van der Waals surface area contributed by atoms with Gasteiger partial charge in [-0.3, -0.25) is 4.79 Å². The smallest absolute Gasteiger partial charge is 0.219 e. The molecule has 1 aromatic heterocycles. The highest BCUT2D eigenvalue weighted by Gasteiger charge is 2.48. The number of likely N-dealkylation sites (tertiary alicyclic amines) is 1. The molecule has 2 aliphatic rings. The summed E-state index contributed by atoms with van der Waals surface area (Å²) >= 11 is 0. The number of methoxy groups -OCH3 is 1. The number of anilines is 1. The zero-order valence-corrected chi connectivity index (χ0v) is 14.8. The maximum absolute atomic E-state index is 13.8. The highest BCUT2D eigenvalue weighted by Crippen LogP contribution is 2.45. The molecule has 3 atom stereocenters. The molecule has 7 heteroatoms. The van der Waals surface area contributed by atoms with E-state index in [1.807, 2.05) is 17.0 Å². The van der Waals surface area contributed by atoms with Crippen LogP contribution in [0.4, 0.5) is 10.2 Å². The molecule has 0 saturated carbocycles. The van der Waals surface area contributed by atoms with Crippen LogP contribution in [0.2, 0.25) is 0 Å². The summed E-state index contributed by atoms with van der Waals surface area (Å²) in [5.41, 5.74) is 0.856. The number of carbonyl (C=O) groups excluding carboxylic acids is 1. The van der Waals surface area contributed by atoms with Crippen molar-refractivity contribution in [3.63, 3.8) is 0 Å². The van der Waals surface area contributed by atoms with E-state index in [2.05, 4.69) is 14.9 Å². The van der Waals surface area contributed by atoms with Crippen LogP contribution in [0.15, 0.2) is 36.7 Å². The van der Waals surface area contributed by atoms with E-state index < -0.39 is 0 Å². The maximum Gasteiger partial charge on any atom is 0.219 e. The third kappa shape index (κ3) is 2.87. The van der Waals surface area contributed by atoms with Gasteiger partial charge in [-0.1, -0.05) is 12.1 Å². The van der Waals surface area contributed by atoms with Gasteiger partial charge in [-0.2, -0.15) is 0 Å². The van der Waals surface area contributed by atoms with Crippen molar-refractivity contribution >= 4 is 11.7 Å². The normalized spacial score (nSPS) is 24.7. The van der Waals surface area contributed by atoms with Crippen molar-refractivity contribution in [2.24, 2.45) is 11.8 Å². The fraction of sp³-hybridized carbons (Fsp3) is 0.421. The summed E-state index contributed by atoms with van der Waals surface area (Å²) in [6, 6.07) is 8.30. The van der Waals surface area contributed by atoms with Gasteiger partial charge in [-0.15, -0.1) is 0 Å². The fourth-order valence-electron chi connectivity index (χ4n) is 4.29. The van der Waals surface area contributed by atoms with Gasteiger partial charge in [-0.25, -0.2) is 14.4 Å². The lowest BCUT2D eigenvalue weighted by Gasteiger charge is -2.29.